The maximum atomic E-state index is 13.2. The number of unbranched alkanes of at least 4 members (excludes halogenated alkanes) is 2. The Morgan fingerprint density at radius 2 is 1.34 bits per heavy atom. The number of hydrogen-bond donors (Lipinski definition) is 0. The van der Waals surface area contributed by atoms with Gasteiger partial charge in [0.15, 0.2) is 0 Å². The minimum absolute atomic E-state index is 0.0523. The number of esters is 1. The molecule has 0 aromatic heterocycles. The molecule has 0 aliphatic rings. The average molecular weight is 403 g/mol. The highest BCUT2D eigenvalue weighted by Gasteiger charge is 2.47. The Bertz CT molecular complexity index is 607. The van der Waals surface area contributed by atoms with Crippen LogP contribution in [0, 0.1) is 16.2 Å². The van der Waals surface area contributed by atoms with E-state index in [4.69, 9.17) is 4.74 Å². The maximum absolute atomic E-state index is 13.2. The van der Waals surface area contributed by atoms with E-state index in [0.717, 1.165) is 6.42 Å². The molecule has 0 saturated heterocycles. The van der Waals surface area contributed by atoms with Crippen molar-refractivity contribution in [3.63, 3.8) is 0 Å². The fourth-order valence-corrected chi connectivity index (χ4v) is 4.11. The van der Waals surface area contributed by atoms with Crippen LogP contribution >= 0.6 is 0 Å². The summed E-state index contributed by atoms with van der Waals surface area (Å²) in [6, 6.07) is 8.30. The zero-order chi connectivity index (χ0) is 22.3. The van der Waals surface area contributed by atoms with Crippen molar-refractivity contribution in [3.05, 3.63) is 29.8 Å². The zero-order valence-corrected chi connectivity index (χ0v) is 20.7. The van der Waals surface area contributed by atoms with Crippen LogP contribution in [0.15, 0.2) is 24.3 Å². The largest absolute Gasteiger partial charge is 0.426 e. The van der Waals surface area contributed by atoms with Crippen molar-refractivity contribution >= 4 is 5.97 Å². The van der Waals surface area contributed by atoms with E-state index in [1.165, 1.54) is 44.1 Å². The van der Waals surface area contributed by atoms with Gasteiger partial charge in [-0.15, -0.1) is 0 Å². The molecule has 2 heteroatoms. The number of rotatable bonds is 10. The average Bonchev–Trinajstić information content (AvgIpc) is 2.60. The van der Waals surface area contributed by atoms with Crippen molar-refractivity contribution < 1.29 is 9.53 Å². The lowest BCUT2D eigenvalue weighted by atomic mass is 9.61. The van der Waals surface area contributed by atoms with Gasteiger partial charge in [0.2, 0.25) is 0 Å². The van der Waals surface area contributed by atoms with Gasteiger partial charge < -0.3 is 4.74 Å². The molecule has 1 aromatic rings. The molecule has 0 aliphatic heterocycles. The first kappa shape index (κ1) is 25.7. The van der Waals surface area contributed by atoms with E-state index < -0.39 is 5.41 Å². The topological polar surface area (TPSA) is 26.3 Å². The van der Waals surface area contributed by atoms with Crippen LogP contribution in [0.3, 0.4) is 0 Å². The molecule has 1 atom stereocenters. The molecule has 1 aromatic carbocycles. The van der Waals surface area contributed by atoms with E-state index in [9.17, 15) is 4.79 Å². The van der Waals surface area contributed by atoms with Gasteiger partial charge in [-0.1, -0.05) is 93.2 Å². The molecule has 0 bridgehead atoms. The Balaban J connectivity index is 2.98. The van der Waals surface area contributed by atoms with Gasteiger partial charge in [0.05, 0.1) is 5.41 Å². The summed E-state index contributed by atoms with van der Waals surface area (Å²) in [7, 11) is 0. The van der Waals surface area contributed by atoms with Gasteiger partial charge in [-0.3, -0.25) is 4.79 Å². The number of carbonyl (C=O) groups is 1. The van der Waals surface area contributed by atoms with Gasteiger partial charge >= 0.3 is 5.97 Å². The second-order valence-corrected chi connectivity index (χ2v) is 11.3. The molecule has 166 valence electrons. The third-order valence-corrected chi connectivity index (χ3v) is 6.36. The fraction of sp³-hybridized carbons (Fsp3) is 0.741. The first-order chi connectivity index (χ1) is 13.3. The van der Waals surface area contributed by atoms with Crippen LogP contribution in [-0.2, 0) is 4.79 Å². The summed E-state index contributed by atoms with van der Waals surface area (Å²) in [6.07, 6.45) is 8.27. The van der Waals surface area contributed by atoms with Crippen molar-refractivity contribution in [2.75, 3.05) is 0 Å². The van der Waals surface area contributed by atoms with Crippen LogP contribution in [-0.4, -0.2) is 5.97 Å². The first-order valence-corrected chi connectivity index (χ1v) is 11.7. The zero-order valence-electron chi connectivity index (χ0n) is 20.7. The summed E-state index contributed by atoms with van der Waals surface area (Å²) < 4.78 is 5.91. The Morgan fingerprint density at radius 1 is 0.862 bits per heavy atom. The number of hydrogen-bond acceptors (Lipinski definition) is 2. The molecule has 1 unspecified atom stereocenters. The number of benzene rings is 1. The van der Waals surface area contributed by atoms with Gasteiger partial charge in [0.25, 0.3) is 0 Å². The minimum atomic E-state index is -0.547. The second kappa shape index (κ2) is 10.6. The highest BCUT2D eigenvalue weighted by molar-refractivity contribution is 5.79. The first-order valence-electron chi connectivity index (χ1n) is 11.7. The summed E-state index contributed by atoms with van der Waals surface area (Å²) in [5.74, 6) is 1.15. The summed E-state index contributed by atoms with van der Waals surface area (Å²) in [5, 5.41) is 0. The Morgan fingerprint density at radius 3 is 1.72 bits per heavy atom. The molecule has 0 N–H and O–H groups in total. The molecule has 0 aliphatic carbocycles. The normalized spacial score (nSPS) is 14.7. The molecule has 0 amide bonds. The van der Waals surface area contributed by atoms with E-state index in [2.05, 4.69) is 74.4 Å². The highest BCUT2D eigenvalue weighted by Crippen LogP contribution is 2.47. The van der Waals surface area contributed by atoms with Gasteiger partial charge in [-0.2, -0.15) is 0 Å². The lowest BCUT2D eigenvalue weighted by Crippen LogP contribution is -2.45. The summed E-state index contributed by atoms with van der Waals surface area (Å²) in [5.41, 5.74) is 0.702. The smallest absolute Gasteiger partial charge is 0.317 e. The third kappa shape index (κ3) is 7.79. The molecule has 2 nitrogen and oxygen atoms in total. The molecule has 0 spiro atoms. The van der Waals surface area contributed by atoms with E-state index in [-0.39, 0.29) is 16.8 Å². The summed E-state index contributed by atoms with van der Waals surface area (Å²) in [6.45, 7) is 19.5. The van der Waals surface area contributed by atoms with Crippen LogP contribution in [0.5, 0.6) is 5.75 Å². The highest BCUT2D eigenvalue weighted by atomic mass is 16.5. The lowest BCUT2D eigenvalue weighted by Gasteiger charge is -2.43. The number of ether oxygens (including phenoxy) is 1. The predicted octanol–water partition coefficient (Wildman–Crippen LogP) is 8.54. The van der Waals surface area contributed by atoms with E-state index in [0.29, 0.717) is 11.7 Å². The van der Waals surface area contributed by atoms with E-state index in [1.54, 1.807) is 0 Å². The van der Waals surface area contributed by atoms with Gasteiger partial charge in [-0.25, -0.2) is 0 Å². The van der Waals surface area contributed by atoms with Gasteiger partial charge in [-0.05, 0) is 60.6 Å². The van der Waals surface area contributed by atoms with Gasteiger partial charge in [0.1, 0.15) is 5.75 Å². The van der Waals surface area contributed by atoms with E-state index >= 15 is 0 Å². The number of carbonyl (C=O) groups excluding carboxylic acids is 1. The van der Waals surface area contributed by atoms with Crippen LogP contribution in [0.4, 0.5) is 0 Å². The predicted molar refractivity (Wildman–Crippen MR) is 126 cm³/mol. The van der Waals surface area contributed by atoms with Crippen LogP contribution in [0.1, 0.15) is 119 Å². The molecule has 0 radical (unpaired) electrons. The van der Waals surface area contributed by atoms with E-state index in [1.807, 2.05) is 12.1 Å². The summed E-state index contributed by atoms with van der Waals surface area (Å²) >= 11 is 0. The summed E-state index contributed by atoms with van der Waals surface area (Å²) in [4.78, 5) is 13.2. The molecule has 1 rings (SSSR count). The standard InChI is InChI=1S/C27H46O2/c1-10-12-14-21(15-13-11-2)22-16-18-23(19-17-22)29-24(28)27(9,26(6,7)8)20-25(3,4)5/h16-19,21H,10-15,20H2,1-9H3. The van der Waals surface area contributed by atoms with Crippen molar-refractivity contribution in [2.45, 2.75) is 113 Å². The quantitative estimate of drug-likeness (QED) is 0.289. The minimum Gasteiger partial charge on any atom is -0.426 e. The Hall–Kier alpha value is -1.31. The molecule has 0 fully saturated rings. The van der Waals surface area contributed by atoms with Crippen molar-refractivity contribution in [2.24, 2.45) is 16.2 Å². The molecule has 29 heavy (non-hydrogen) atoms. The monoisotopic (exact) mass is 402 g/mol. The van der Waals surface area contributed by atoms with Crippen molar-refractivity contribution in [1.29, 1.82) is 0 Å². The molecule has 0 saturated carbocycles. The van der Waals surface area contributed by atoms with Crippen molar-refractivity contribution in [3.8, 4) is 5.75 Å². The molecular weight excluding hydrogens is 356 g/mol. The molecular formula is C27H46O2. The third-order valence-electron chi connectivity index (χ3n) is 6.36. The fourth-order valence-electron chi connectivity index (χ4n) is 4.11. The second-order valence-electron chi connectivity index (χ2n) is 11.3. The van der Waals surface area contributed by atoms with Crippen LogP contribution in [0.25, 0.3) is 0 Å². The maximum Gasteiger partial charge on any atom is 0.317 e. The Labute approximate surface area is 180 Å². The van der Waals surface area contributed by atoms with Crippen LogP contribution < -0.4 is 4.74 Å². The Kier molecular flexibility index (Phi) is 9.44. The van der Waals surface area contributed by atoms with Crippen LogP contribution in [0.2, 0.25) is 0 Å². The SMILES string of the molecule is CCCCC(CCCC)c1ccc(OC(=O)C(C)(CC(C)(C)C)C(C)(C)C)cc1. The molecule has 0 heterocycles. The lowest BCUT2D eigenvalue weighted by molar-refractivity contribution is -0.154. The van der Waals surface area contributed by atoms with Crippen molar-refractivity contribution in [1.82, 2.24) is 0 Å². The van der Waals surface area contributed by atoms with Gasteiger partial charge in [0, 0.05) is 0 Å².